The molecular formula is C27H30N2O5. The molecule has 0 unspecified atom stereocenters. The SMILES string of the molecule is COc1ccc(CNC(=O)[C@@H](C)N(Cc2ccc(OC)cc2)C(=O)COc2ccccc2)cc1. The zero-order valence-electron chi connectivity index (χ0n) is 19.7. The van der Waals surface area contributed by atoms with Crippen LogP contribution in [0.2, 0.25) is 0 Å². The van der Waals surface area contributed by atoms with Crippen molar-refractivity contribution in [3.63, 3.8) is 0 Å². The molecule has 0 saturated heterocycles. The number of nitrogens with zero attached hydrogens (tertiary/aromatic N) is 1. The van der Waals surface area contributed by atoms with Crippen molar-refractivity contribution in [1.29, 1.82) is 0 Å². The molecule has 0 fully saturated rings. The molecule has 1 atom stereocenters. The Balaban J connectivity index is 1.68. The van der Waals surface area contributed by atoms with Crippen molar-refractivity contribution < 1.29 is 23.8 Å². The van der Waals surface area contributed by atoms with Crippen LogP contribution >= 0.6 is 0 Å². The Morgan fingerprint density at radius 1 is 0.794 bits per heavy atom. The number of para-hydroxylation sites is 1. The number of nitrogens with one attached hydrogen (secondary N) is 1. The fourth-order valence-electron chi connectivity index (χ4n) is 3.34. The average molecular weight is 463 g/mol. The van der Waals surface area contributed by atoms with Gasteiger partial charge in [-0.1, -0.05) is 42.5 Å². The van der Waals surface area contributed by atoms with Gasteiger partial charge in [-0.2, -0.15) is 0 Å². The van der Waals surface area contributed by atoms with Crippen molar-refractivity contribution in [3.05, 3.63) is 90.0 Å². The number of hydrogen-bond acceptors (Lipinski definition) is 5. The normalized spacial score (nSPS) is 11.3. The van der Waals surface area contributed by atoms with Crippen molar-refractivity contribution in [3.8, 4) is 17.2 Å². The van der Waals surface area contributed by atoms with Crippen LogP contribution in [0.25, 0.3) is 0 Å². The van der Waals surface area contributed by atoms with E-state index in [0.717, 1.165) is 22.6 Å². The van der Waals surface area contributed by atoms with Crippen LogP contribution in [0.1, 0.15) is 18.1 Å². The van der Waals surface area contributed by atoms with Crippen molar-refractivity contribution >= 4 is 11.8 Å². The Hall–Kier alpha value is -4.00. The lowest BCUT2D eigenvalue weighted by atomic mass is 10.1. The molecule has 178 valence electrons. The standard InChI is InChI=1S/C27H30N2O5/c1-20(27(31)28-17-21-9-13-23(32-2)14-10-21)29(18-22-11-15-24(33-3)16-12-22)26(30)19-34-25-7-5-4-6-8-25/h4-16,20H,17-19H2,1-3H3,(H,28,31)/t20-/m1/s1. The highest BCUT2D eigenvalue weighted by atomic mass is 16.5. The Morgan fingerprint density at radius 2 is 1.35 bits per heavy atom. The number of hydrogen-bond donors (Lipinski definition) is 1. The van der Waals surface area contributed by atoms with E-state index >= 15 is 0 Å². The van der Waals surface area contributed by atoms with Crippen molar-refractivity contribution in [2.45, 2.75) is 26.1 Å². The minimum Gasteiger partial charge on any atom is -0.497 e. The summed E-state index contributed by atoms with van der Waals surface area (Å²) in [6, 6.07) is 23.3. The maximum absolute atomic E-state index is 13.1. The summed E-state index contributed by atoms with van der Waals surface area (Å²) >= 11 is 0. The lowest BCUT2D eigenvalue weighted by Gasteiger charge is -2.29. The molecule has 7 heteroatoms. The number of amides is 2. The summed E-state index contributed by atoms with van der Waals surface area (Å²) in [7, 11) is 3.20. The van der Waals surface area contributed by atoms with Crippen LogP contribution in [-0.2, 0) is 22.7 Å². The summed E-state index contributed by atoms with van der Waals surface area (Å²) in [5.41, 5.74) is 1.81. The molecule has 7 nitrogen and oxygen atoms in total. The minimum atomic E-state index is -0.702. The van der Waals surface area contributed by atoms with E-state index in [4.69, 9.17) is 14.2 Å². The van der Waals surface area contributed by atoms with Crippen molar-refractivity contribution in [2.24, 2.45) is 0 Å². The second-order valence-electron chi connectivity index (χ2n) is 7.71. The lowest BCUT2D eigenvalue weighted by molar-refractivity contribution is -0.142. The summed E-state index contributed by atoms with van der Waals surface area (Å²) in [4.78, 5) is 27.6. The van der Waals surface area contributed by atoms with E-state index in [1.807, 2.05) is 66.7 Å². The van der Waals surface area contributed by atoms with E-state index < -0.39 is 6.04 Å². The van der Waals surface area contributed by atoms with Crippen LogP contribution in [0.3, 0.4) is 0 Å². The van der Waals surface area contributed by atoms with Crippen LogP contribution in [0.5, 0.6) is 17.2 Å². The second-order valence-corrected chi connectivity index (χ2v) is 7.71. The van der Waals surface area contributed by atoms with Crippen LogP contribution < -0.4 is 19.5 Å². The predicted molar refractivity (Wildman–Crippen MR) is 130 cm³/mol. The van der Waals surface area contributed by atoms with Crippen LogP contribution in [0.4, 0.5) is 0 Å². The highest BCUT2D eigenvalue weighted by Crippen LogP contribution is 2.16. The van der Waals surface area contributed by atoms with E-state index in [9.17, 15) is 9.59 Å². The highest BCUT2D eigenvalue weighted by Gasteiger charge is 2.26. The summed E-state index contributed by atoms with van der Waals surface area (Å²) in [6.07, 6.45) is 0. The topological polar surface area (TPSA) is 77.1 Å². The fraction of sp³-hybridized carbons (Fsp3) is 0.259. The molecule has 3 aromatic carbocycles. The van der Waals surface area contributed by atoms with Crippen molar-refractivity contribution in [1.82, 2.24) is 10.2 Å². The molecule has 0 spiro atoms. The van der Waals surface area contributed by atoms with Gasteiger partial charge in [-0.25, -0.2) is 0 Å². The van der Waals surface area contributed by atoms with Crippen LogP contribution in [0.15, 0.2) is 78.9 Å². The minimum absolute atomic E-state index is 0.170. The lowest BCUT2D eigenvalue weighted by Crippen LogP contribution is -2.48. The molecule has 1 N–H and O–H groups in total. The molecule has 0 aliphatic carbocycles. The molecule has 0 aliphatic rings. The first kappa shape index (κ1) is 24.6. The maximum atomic E-state index is 13.1. The number of methoxy groups -OCH3 is 2. The third-order valence-corrected chi connectivity index (χ3v) is 5.41. The third kappa shape index (κ3) is 7.00. The first-order valence-electron chi connectivity index (χ1n) is 11.0. The van der Waals surface area contributed by atoms with Gasteiger partial charge in [0.15, 0.2) is 6.61 Å². The molecule has 0 saturated carbocycles. The van der Waals surface area contributed by atoms with Gasteiger partial charge in [0.25, 0.3) is 5.91 Å². The predicted octanol–water partition coefficient (Wildman–Crippen LogP) is 3.82. The van der Waals surface area contributed by atoms with Gasteiger partial charge in [0.2, 0.25) is 5.91 Å². The van der Waals surface area contributed by atoms with Gasteiger partial charge >= 0.3 is 0 Å². The molecule has 0 heterocycles. The molecule has 3 rings (SSSR count). The monoisotopic (exact) mass is 462 g/mol. The highest BCUT2D eigenvalue weighted by molar-refractivity contribution is 5.88. The van der Waals surface area contributed by atoms with E-state index in [0.29, 0.717) is 12.3 Å². The van der Waals surface area contributed by atoms with Gasteiger partial charge in [-0.3, -0.25) is 9.59 Å². The quantitative estimate of drug-likeness (QED) is 0.469. The number of ether oxygens (including phenoxy) is 3. The van der Waals surface area contributed by atoms with E-state index in [2.05, 4.69) is 5.32 Å². The number of carbonyl (C=O) groups is 2. The Morgan fingerprint density at radius 3 is 1.91 bits per heavy atom. The number of benzene rings is 3. The van der Waals surface area contributed by atoms with Crippen LogP contribution in [0, 0.1) is 0 Å². The van der Waals surface area contributed by atoms with Gasteiger partial charge in [-0.05, 0) is 54.4 Å². The van der Waals surface area contributed by atoms with E-state index in [-0.39, 0.29) is 25.0 Å². The molecule has 0 radical (unpaired) electrons. The zero-order valence-corrected chi connectivity index (χ0v) is 19.7. The van der Waals surface area contributed by atoms with Crippen LogP contribution in [-0.4, -0.2) is 43.6 Å². The molecule has 2 amide bonds. The molecule has 3 aromatic rings. The van der Waals surface area contributed by atoms with Crippen molar-refractivity contribution in [2.75, 3.05) is 20.8 Å². The zero-order chi connectivity index (χ0) is 24.3. The molecule has 34 heavy (non-hydrogen) atoms. The van der Waals surface area contributed by atoms with E-state index in [1.165, 1.54) is 4.90 Å². The fourth-order valence-corrected chi connectivity index (χ4v) is 3.34. The summed E-state index contributed by atoms with van der Waals surface area (Å²) in [6.45, 7) is 2.15. The number of carbonyl (C=O) groups excluding carboxylic acids is 2. The van der Waals surface area contributed by atoms with Gasteiger partial charge in [0, 0.05) is 13.1 Å². The second kappa shape index (κ2) is 12.3. The third-order valence-electron chi connectivity index (χ3n) is 5.41. The molecule has 0 aromatic heterocycles. The average Bonchev–Trinajstić information content (AvgIpc) is 2.89. The first-order chi connectivity index (χ1) is 16.5. The van der Waals surface area contributed by atoms with Gasteiger partial charge < -0.3 is 24.4 Å². The molecule has 0 aliphatic heterocycles. The Labute approximate surface area is 200 Å². The first-order valence-corrected chi connectivity index (χ1v) is 11.0. The molecule has 0 bridgehead atoms. The number of rotatable bonds is 11. The van der Waals surface area contributed by atoms with Gasteiger partial charge in [0.1, 0.15) is 23.3 Å². The summed E-state index contributed by atoms with van der Waals surface area (Å²) < 4.78 is 16.0. The summed E-state index contributed by atoms with van der Waals surface area (Å²) in [5, 5.41) is 2.91. The Kier molecular flexibility index (Phi) is 8.91. The maximum Gasteiger partial charge on any atom is 0.261 e. The van der Waals surface area contributed by atoms with Gasteiger partial charge in [0.05, 0.1) is 14.2 Å². The Bertz CT molecular complexity index is 1050. The summed E-state index contributed by atoms with van der Waals surface area (Å²) in [5.74, 6) is 1.53. The molecular weight excluding hydrogens is 432 g/mol. The largest absolute Gasteiger partial charge is 0.497 e. The van der Waals surface area contributed by atoms with E-state index in [1.54, 1.807) is 33.3 Å². The smallest absolute Gasteiger partial charge is 0.261 e. The van der Waals surface area contributed by atoms with Gasteiger partial charge in [-0.15, -0.1) is 0 Å².